The molecule has 1 heterocycles. The molecule has 1 N–H and O–H groups in total. The SMILES string of the molecule is CCC(CC)N(CC(C)C)C(=O)c1cn[nH]c1C. The van der Waals surface area contributed by atoms with E-state index in [1.165, 1.54) is 0 Å². The molecule has 0 aliphatic heterocycles. The fourth-order valence-electron chi connectivity index (χ4n) is 2.24. The van der Waals surface area contributed by atoms with Crippen LogP contribution in [0.1, 0.15) is 56.6 Å². The predicted octanol–water partition coefficient (Wildman–Crippen LogP) is 3.00. The van der Waals surface area contributed by atoms with E-state index in [-0.39, 0.29) is 5.91 Å². The Balaban J connectivity index is 2.95. The first-order chi connectivity index (χ1) is 8.51. The number of hydrogen-bond acceptors (Lipinski definition) is 2. The van der Waals surface area contributed by atoms with Gasteiger partial charge in [-0.3, -0.25) is 9.89 Å². The Morgan fingerprint density at radius 1 is 1.39 bits per heavy atom. The van der Waals surface area contributed by atoms with Crippen LogP contribution < -0.4 is 0 Å². The van der Waals surface area contributed by atoms with E-state index in [1.807, 2.05) is 11.8 Å². The first kappa shape index (κ1) is 14.7. The predicted molar refractivity (Wildman–Crippen MR) is 73.6 cm³/mol. The molecule has 0 radical (unpaired) electrons. The lowest BCUT2D eigenvalue weighted by atomic mass is 10.1. The first-order valence-electron chi connectivity index (χ1n) is 6.82. The van der Waals surface area contributed by atoms with Crippen LogP contribution in [0.2, 0.25) is 0 Å². The van der Waals surface area contributed by atoms with E-state index in [0.717, 1.165) is 25.1 Å². The first-order valence-corrected chi connectivity index (χ1v) is 6.82. The molecule has 4 heteroatoms. The van der Waals surface area contributed by atoms with Gasteiger partial charge in [-0.2, -0.15) is 5.10 Å². The van der Waals surface area contributed by atoms with Gasteiger partial charge in [-0.1, -0.05) is 27.7 Å². The van der Waals surface area contributed by atoms with Crippen LogP contribution in [-0.4, -0.2) is 33.6 Å². The molecule has 1 rings (SSSR count). The van der Waals surface area contributed by atoms with Crippen molar-refractivity contribution >= 4 is 5.91 Å². The number of carbonyl (C=O) groups excluding carboxylic acids is 1. The lowest BCUT2D eigenvalue weighted by Crippen LogP contribution is -2.42. The fraction of sp³-hybridized carbons (Fsp3) is 0.714. The van der Waals surface area contributed by atoms with Gasteiger partial charge in [-0.05, 0) is 25.7 Å². The monoisotopic (exact) mass is 251 g/mol. The normalized spacial score (nSPS) is 11.3. The van der Waals surface area contributed by atoms with Crippen molar-refractivity contribution in [1.29, 1.82) is 0 Å². The van der Waals surface area contributed by atoms with E-state index in [9.17, 15) is 4.79 Å². The van der Waals surface area contributed by atoms with Gasteiger partial charge in [0, 0.05) is 18.3 Å². The number of carbonyl (C=O) groups is 1. The average Bonchev–Trinajstić information content (AvgIpc) is 2.74. The van der Waals surface area contributed by atoms with E-state index >= 15 is 0 Å². The van der Waals surface area contributed by atoms with Crippen LogP contribution in [0.15, 0.2) is 6.20 Å². The molecule has 0 aromatic carbocycles. The highest BCUT2D eigenvalue weighted by Gasteiger charge is 2.24. The molecule has 1 aromatic heterocycles. The number of aryl methyl sites for hydroxylation is 1. The van der Waals surface area contributed by atoms with E-state index in [4.69, 9.17) is 0 Å². The summed E-state index contributed by atoms with van der Waals surface area (Å²) in [5.74, 6) is 0.574. The van der Waals surface area contributed by atoms with E-state index in [0.29, 0.717) is 17.5 Å². The summed E-state index contributed by atoms with van der Waals surface area (Å²) >= 11 is 0. The van der Waals surface area contributed by atoms with Crippen molar-refractivity contribution in [2.75, 3.05) is 6.54 Å². The van der Waals surface area contributed by atoms with Crippen molar-refractivity contribution in [3.63, 3.8) is 0 Å². The molecular formula is C14H25N3O. The second-order valence-electron chi connectivity index (χ2n) is 5.23. The summed E-state index contributed by atoms with van der Waals surface area (Å²) in [7, 11) is 0. The Morgan fingerprint density at radius 2 is 2.00 bits per heavy atom. The molecule has 4 nitrogen and oxygen atoms in total. The zero-order chi connectivity index (χ0) is 13.7. The Morgan fingerprint density at radius 3 is 2.39 bits per heavy atom. The molecule has 0 spiro atoms. The number of rotatable bonds is 6. The highest BCUT2D eigenvalue weighted by Crippen LogP contribution is 2.16. The van der Waals surface area contributed by atoms with Crippen molar-refractivity contribution in [3.05, 3.63) is 17.5 Å². The third kappa shape index (κ3) is 3.34. The Kier molecular flexibility index (Phi) is 5.38. The molecule has 0 atom stereocenters. The van der Waals surface area contributed by atoms with Crippen LogP contribution in [-0.2, 0) is 0 Å². The molecule has 0 fully saturated rings. The molecule has 1 amide bonds. The van der Waals surface area contributed by atoms with Crippen LogP contribution in [0.25, 0.3) is 0 Å². The number of nitrogens with one attached hydrogen (secondary N) is 1. The minimum absolute atomic E-state index is 0.101. The molecule has 0 aliphatic rings. The van der Waals surface area contributed by atoms with Gasteiger partial charge < -0.3 is 4.90 Å². The second-order valence-corrected chi connectivity index (χ2v) is 5.23. The molecule has 102 valence electrons. The molecule has 0 unspecified atom stereocenters. The Labute approximate surface area is 110 Å². The van der Waals surface area contributed by atoms with Gasteiger partial charge in [0.15, 0.2) is 0 Å². The van der Waals surface area contributed by atoms with Gasteiger partial charge in [0.1, 0.15) is 0 Å². The van der Waals surface area contributed by atoms with Gasteiger partial charge >= 0.3 is 0 Å². The van der Waals surface area contributed by atoms with Gasteiger partial charge in [-0.25, -0.2) is 0 Å². The molecule has 18 heavy (non-hydrogen) atoms. The van der Waals surface area contributed by atoms with Crippen LogP contribution >= 0.6 is 0 Å². The van der Waals surface area contributed by atoms with Crippen LogP contribution in [0.3, 0.4) is 0 Å². The van der Waals surface area contributed by atoms with Crippen molar-refractivity contribution in [3.8, 4) is 0 Å². The van der Waals surface area contributed by atoms with Crippen LogP contribution in [0.5, 0.6) is 0 Å². The summed E-state index contributed by atoms with van der Waals surface area (Å²) in [6, 6.07) is 0.314. The molecule has 0 saturated carbocycles. The van der Waals surface area contributed by atoms with Gasteiger partial charge in [0.2, 0.25) is 0 Å². The smallest absolute Gasteiger partial charge is 0.257 e. The minimum atomic E-state index is 0.101. The maximum atomic E-state index is 12.6. The summed E-state index contributed by atoms with van der Waals surface area (Å²) in [5.41, 5.74) is 1.54. The minimum Gasteiger partial charge on any atom is -0.335 e. The van der Waals surface area contributed by atoms with Crippen LogP contribution in [0.4, 0.5) is 0 Å². The summed E-state index contributed by atoms with van der Waals surface area (Å²) in [6.07, 6.45) is 3.62. The molecule has 0 aliphatic carbocycles. The summed E-state index contributed by atoms with van der Waals surface area (Å²) in [5, 5.41) is 6.78. The fourth-order valence-corrected chi connectivity index (χ4v) is 2.24. The van der Waals surface area contributed by atoms with Gasteiger partial charge in [-0.15, -0.1) is 0 Å². The third-order valence-electron chi connectivity index (χ3n) is 3.27. The van der Waals surface area contributed by atoms with Crippen molar-refractivity contribution in [2.24, 2.45) is 5.92 Å². The Hall–Kier alpha value is -1.32. The number of aromatic nitrogens is 2. The number of nitrogens with zero attached hydrogens (tertiary/aromatic N) is 2. The summed E-state index contributed by atoms with van der Waals surface area (Å²) in [4.78, 5) is 14.6. The lowest BCUT2D eigenvalue weighted by Gasteiger charge is -2.32. The number of H-pyrrole nitrogens is 1. The van der Waals surface area contributed by atoms with Gasteiger partial charge in [0.25, 0.3) is 5.91 Å². The molecule has 0 saturated heterocycles. The average molecular weight is 251 g/mol. The largest absolute Gasteiger partial charge is 0.335 e. The zero-order valence-electron chi connectivity index (χ0n) is 12.2. The summed E-state index contributed by atoms with van der Waals surface area (Å²) in [6.45, 7) is 11.3. The lowest BCUT2D eigenvalue weighted by molar-refractivity contribution is 0.0639. The number of hydrogen-bond donors (Lipinski definition) is 1. The van der Waals surface area contributed by atoms with E-state index < -0.39 is 0 Å². The molecule has 0 bridgehead atoms. The summed E-state index contributed by atoms with van der Waals surface area (Å²) < 4.78 is 0. The number of amides is 1. The Bertz CT molecular complexity index is 380. The van der Waals surface area contributed by atoms with Crippen LogP contribution in [0, 0.1) is 12.8 Å². The van der Waals surface area contributed by atoms with Gasteiger partial charge in [0.05, 0.1) is 11.8 Å². The highest BCUT2D eigenvalue weighted by molar-refractivity contribution is 5.95. The van der Waals surface area contributed by atoms with Crippen molar-refractivity contribution in [2.45, 2.75) is 53.5 Å². The van der Waals surface area contributed by atoms with E-state index in [1.54, 1.807) is 6.20 Å². The van der Waals surface area contributed by atoms with Crippen molar-refractivity contribution in [1.82, 2.24) is 15.1 Å². The van der Waals surface area contributed by atoms with Crippen molar-refractivity contribution < 1.29 is 4.79 Å². The molecular weight excluding hydrogens is 226 g/mol. The maximum Gasteiger partial charge on any atom is 0.257 e. The zero-order valence-corrected chi connectivity index (χ0v) is 12.2. The highest BCUT2D eigenvalue weighted by atomic mass is 16.2. The second kappa shape index (κ2) is 6.57. The number of aromatic amines is 1. The third-order valence-corrected chi connectivity index (χ3v) is 3.27. The molecule has 1 aromatic rings. The topological polar surface area (TPSA) is 49.0 Å². The maximum absolute atomic E-state index is 12.6. The quantitative estimate of drug-likeness (QED) is 0.845. The van der Waals surface area contributed by atoms with E-state index in [2.05, 4.69) is 37.9 Å². The standard InChI is InChI=1S/C14H25N3O/c1-6-12(7-2)17(9-10(3)4)14(18)13-8-15-16-11(13)5/h8,10,12H,6-7,9H2,1-5H3,(H,15,16).